The largest absolute Gasteiger partial charge is 0.463 e. The van der Waals surface area contributed by atoms with Crippen molar-refractivity contribution in [3.8, 4) is 0 Å². The summed E-state index contributed by atoms with van der Waals surface area (Å²) in [6, 6.07) is 33.8. The highest BCUT2D eigenvalue weighted by atomic mass is 16.4. The monoisotopic (exact) mass is 730 g/mol. The van der Waals surface area contributed by atoms with Crippen LogP contribution >= 0.6 is 0 Å². The summed E-state index contributed by atoms with van der Waals surface area (Å²) in [5.41, 5.74) is 3.31. The van der Waals surface area contributed by atoms with Gasteiger partial charge in [0, 0.05) is 22.3 Å². The zero-order valence-corrected chi connectivity index (χ0v) is 29.4. The van der Waals surface area contributed by atoms with Crippen LogP contribution in [0.2, 0.25) is 0 Å². The van der Waals surface area contributed by atoms with Gasteiger partial charge in [-0.15, -0.1) is 0 Å². The third kappa shape index (κ3) is 5.51. The number of benzene rings is 4. The number of aliphatic hydroxyl groups is 1. The van der Waals surface area contributed by atoms with E-state index < -0.39 is 53.2 Å². The van der Waals surface area contributed by atoms with Gasteiger partial charge in [-0.05, 0) is 79.4 Å². The number of anilines is 2. The van der Waals surface area contributed by atoms with Crippen molar-refractivity contribution < 1.29 is 38.3 Å². The highest BCUT2D eigenvalue weighted by molar-refractivity contribution is 6.24. The smallest absolute Gasteiger partial charge is 0.238 e. The maximum atomic E-state index is 14.4. The van der Waals surface area contributed by atoms with Gasteiger partial charge in [-0.25, -0.2) is 0 Å². The van der Waals surface area contributed by atoms with E-state index in [2.05, 4.69) is 0 Å². The van der Waals surface area contributed by atoms with Gasteiger partial charge in [0.05, 0.1) is 41.0 Å². The molecule has 9 rings (SSSR count). The maximum Gasteiger partial charge on any atom is 0.238 e. The third-order valence-electron chi connectivity index (χ3n) is 11.6. The van der Waals surface area contributed by atoms with E-state index in [0.29, 0.717) is 45.1 Å². The molecule has 0 unspecified atom stereocenters. The Kier molecular flexibility index (Phi) is 8.35. The maximum absolute atomic E-state index is 14.4. The summed E-state index contributed by atoms with van der Waals surface area (Å²) in [7, 11) is 0. The van der Waals surface area contributed by atoms with E-state index in [1.165, 1.54) is 4.90 Å². The van der Waals surface area contributed by atoms with Gasteiger partial charge in [0.15, 0.2) is 11.6 Å². The molecule has 0 bridgehead atoms. The molecular weight excluding hydrogens is 697 g/mol. The molecule has 272 valence electrons. The van der Waals surface area contributed by atoms with Crippen LogP contribution in [0.15, 0.2) is 137 Å². The number of hydrogen-bond donors (Lipinski definition) is 1. The van der Waals surface area contributed by atoms with Crippen LogP contribution < -0.4 is 9.80 Å². The summed E-state index contributed by atoms with van der Waals surface area (Å²) < 4.78 is 6.05. The second-order valence-corrected chi connectivity index (χ2v) is 14.5. The summed E-state index contributed by atoms with van der Waals surface area (Å²) in [4.78, 5) is 85.7. The molecule has 2 aliphatic heterocycles. The fourth-order valence-corrected chi connectivity index (χ4v) is 9.10. The predicted octanol–water partition coefficient (Wildman–Crippen LogP) is 6.28. The minimum Gasteiger partial charge on any atom is -0.463 e. The quantitative estimate of drug-likeness (QED) is 0.112. The Morgan fingerprint density at radius 3 is 1.56 bits per heavy atom. The molecule has 55 heavy (non-hydrogen) atoms. The Labute approximate surface area is 315 Å². The topological polar surface area (TPSA) is 142 Å². The number of furan rings is 1. The van der Waals surface area contributed by atoms with Crippen LogP contribution in [0.4, 0.5) is 11.4 Å². The van der Waals surface area contributed by atoms with Crippen molar-refractivity contribution in [2.45, 2.75) is 25.4 Å². The summed E-state index contributed by atoms with van der Waals surface area (Å²) in [6.07, 6.45) is 2.35. The van der Waals surface area contributed by atoms with Crippen molar-refractivity contribution in [3.63, 3.8) is 0 Å². The second-order valence-electron chi connectivity index (χ2n) is 14.5. The van der Waals surface area contributed by atoms with E-state index in [4.69, 9.17) is 4.42 Å². The molecule has 3 fully saturated rings. The molecule has 3 heterocycles. The number of hydrogen-bond acceptors (Lipinski definition) is 8. The molecule has 6 atom stereocenters. The van der Waals surface area contributed by atoms with Crippen molar-refractivity contribution in [1.82, 2.24) is 0 Å². The zero-order chi connectivity index (χ0) is 38.0. The summed E-state index contributed by atoms with van der Waals surface area (Å²) >= 11 is 0. The number of imide groups is 2. The molecule has 2 aliphatic carbocycles. The standard InChI is InChI=1S/C45H34N2O8/c48-24-31-19-22-36(55-31)38-32-20-21-33-37(44(53)46(42(33)51)29-15-11-27(12-16-29)40(49)25-7-3-1-4-8-25)34(32)23-35-39(38)45(54)47(43(35)52)30-17-13-28(14-18-30)41(50)26-9-5-2-6-10-26/h1-20,22,33-35,37-39,48H,21,23-24H2/t33-,34+,35+,37-,38+,39+/m0/s1. The van der Waals surface area contributed by atoms with E-state index in [-0.39, 0.29) is 36.9 Å². The molecule has 5 aromatic rings. The molecule has 4 aromatic carbocycles. The minimum atomic E-state index is -0.854. The number of carbonyl (C=O) groups is 6. The third-order valence-corrected chi connectivity index (χ3v) is 11.6. The van der Waals surface area contributed by atoms with Gasteiger partial charge >= 0.3 is 0 Å². The molecule has 1 N–H and O–H groups in total. The van der Waals surface area contributed by atoms with E-state index in [0.717, 1.165) is 10.5 Å². The number of amides is 4. The van der Waals surface area contributed by atoms with Gasteiger partial charge in [-0.1, -0.05) is 72.3 Å². The fraction of sp³-hybridized carbons (Fsp3) is 0.200. The zero-order valence-electron chi connectivity index (χ0n) is 29.4. The highest BCUT2D eigenvalue weighted by Crippen LogP contribution is 2.58. The first kappa shape index (κ1) is 34.3. The van der Waals surface area contributed by atoms with Gasteiger partial charge in [0.2, 0.25) is 23.6 Å². The Hall–Kier alpha value is -6.52. The summed E-state index contributed by atoms with van der Waals surface area (Å²) in [5.74, 6) is -5.68. The first-order valence-corrected chi connectivity index (χ1v) is 18.3. The van der Waals surface area contributed by atoms with Crippen LogP contribution in [0, 0.1) is 29.6 Å². The van der Waals surface area contributed by atoms with Crippen molar-refractivity contribution in [2.24, 2.45) is 29.6 Å². The van der Waals surface area contributed by atoms with Crippen LogP contribution in [0.25, 0.3) is 0 Å². The fourth-order valence-electron chi connectivity index (χ4n) is 9.10. The molecule has 1 aromatic heterocycles. The van der Waals surface area contributed by atoms with Crippen molar-refractivity contribution >= 4 is 46.6 Å². The Balaban J connectivity index is 1.03. The Bertz CT molecular complexity index is 2420. The first-order chi connectivity index (χ1) is 26.7. The lowest BCUT2D eigenvalue weighted by molar-refractivity contribution is -0.126. The van der Waals surface area contributed by atoms with Gasteiger partial charge in [0.25, 0.3) is 0 Å². The van der Waals surface area contributed by atoms with Crippen LogP contribution in [0.1, 0.15) is 62.1 Å². The SMILES string of the molecule is O=C(c1ccccc1)c1ccc(N2C(=O)[C@H]3[C@H](CC=C4[C@H]3C[C@H]3C(=O)N(c5ccc(C(=O)c6ccccc6)cc5)C(=O)[C@H]3[C@H]4c3ccc(CO)o3)C2=O)cc1. The lowest BCUT2D eigenvalue weighted by atomic mass is 9.58. The van der Waals surface area contributed by atoms with Crippen molar-refractivity contribution in [2.75, 3.05) is 9.80 Å². The van der Waals surface area contributed by atoms with Gasteiger partial charge in [0.1, 0.15) is 18.1 Å². The molecular formula is C45H34N2O8. The van der Waals surface area contributed by atoms with Gasteiger partial charge in [-0.3, -0.25) is 38.6 Å². The number of aliphatic hydroxyl groups excluding tert-OH is 1. The molecule has 2 saturated heterocycles. The van der Waals surface area contributed by atoms with E-state index in [9.17, 15) is 33.9 Å². The first-order valence-electron chi connectivity index (χ1n) is 18.3. The van der Waals surface area contributed by atoms with Crippen LogP contribution in [0.3, 0.4) is 0 Å². The Morgan fingerprint density at radius 2 is 1.05 bits per heavy atom. The predicted molar refractivity (Wildman–Crippen MR) is 200 cm³/mol. The van der Waals surface area contributed by atoms with Crippen LogP contribution in [-0.2, 0) is 25.8 Å². The summed E-state index contributed by atoms with van der Waals surface area (Å²) in [6.45, 7) is -0.362. The number of allylic oxidation sites excluding steroid dienone is 2. The van der Waals surface area contributed by atoms with E-state index in [1.54, 1.807) is 109 Å². The highest BCUT2D eigenvalue weighted by Gasteiger charge is 2.63. The number of carbonyl (C=O) groups excluding carboxylic acids is 6. The minimum absolute atomic E-state index is 0.171. The van der Waals surface area contributed by atoms with Crippen molar-refractivity contribution in [3.05, 3.63) is 167 Å². The average molecular weight is 731 g/mol. The lowest BCUT2D eigenvalue weighted by Crippen LogP contribution is -2.43. The van der Waals surface area contributed by atoms with Gasteiger partial charge in [-0.2, -0.15) is 0 Å². The van der Waals surface area contributed by atoms with Crippen LogP contribution in [0.5, 0.6) is 0 Å². The lowest BCUT2D eigenvalue weighted by Gasteiger charge is -2.43. The number of nitrogens with zero attached hydrogens (tertiary/aromatic N) is 2. The number of rotatable bonds is 8. The Morgan fingerprint density at radius 1 is 0.564 bits per heavy atom. The number of ketones is 2. The van der Waals surface area contributed by atoms with Crippen LogP contribution in [-0.4, -0.2) is 40.3 Å². The second kappa shape index (κ2) is 13.4. The van der Waals surface area contributed by atoms with E-state index >= 15 is 0 Å². The molecule has 4 amide bonds. The molecule has 0 radical (unpaired) electrons. The summed E-state index contributed by atoms with van der Waals surface area (Å²) in [5, 5.41) is 9.85. The average Bonchev–Trinajstić information content (AvgIpc) is 3.89. The normalized spacial score (nSPS) is 24.3. The molecule has 10 nitrogen and oxygen atoms in total. The molecule has 1 saturated carbocycles. The van der Waals surface area contributed by atoms with Crippen molar-refractivity contribution in [1.29, 1.82) is 0 Å². The molecule has 0 spiro atoms. The van der Waals surface area contributed by atoms with Gasteiger partial charge < -0.3 is 9.52 Å². The molecule has 10 heteroatoms. The van der Waals surface area contributed by atoms with E-state index in [1.807, 2.05) is 18.2 Å². The number of fused-ring (bicyclic) bond motifs is 4. The molecule has 4 aliphatic rings.